The highest BCUT2D eigenvalue weighted by Crippen LogP contribution is 2.41. The van der Waals surface area contributed by atoms with Gasteiger partial charge in [0.05, 0.1) is 0 Å². The zero-order valence-corrected chi connectivity index (χ0v) is 19.2. The number of benzene rings is 5. The second-order valence-corrected chi connectivity index (χ2v) is 9.39. The topological polar surface area (TPSA) is 3.24 Å². The maximum absolute atomic E-state index is 2.32. The zero-order valence-electron chi connectivity index (χ0n) is 18.4. The lowest BCUT2D eigenvalue weighted by molar-refractivity contribution is 1.27. The predicted octanol–water partition coefficient (Wildman–Crippen LogP) is 9.50. The molecule has 0 aliphatic carbocycles. The van der Waals surface area contributed by atoms with Crippen molar-refractivity contribution in [3.63, 3.8) is 0 Å². The van der Waals surface area contributed by atoms with E-state index in [0.717, 1.165) is 11.4 Å². The Kier molecular flexibility index (Phi) is 4.93. The van der Waals surface area contributed by atoms with Gasteiger partial charge < -0.3 is 4.90 Å². The maximum atomic E-state index is 2.32. The lowest BCUT2D eigenvalue weighted by Crippen LogP contribution is -2.09. The van der Waals surface area contributed by atoms with Gasteiger partial charge in [-0.1, -0.05) is 78.9 Å². The third-order valence-electron chi connectivity index (χ3n) is 6.12. The Morgan fingerprint density at radius 2 is 1.21 bits per heavy atom. The quantitative estimate of drug-likeness (QED) is 0.263. The van der Waals surface area contributed by atoms with Gasteiger partial charge in [0.1, 0.15) is 0 Å². The number of nitrogens with zero attached hydrogens (tertiary/aromatic N) is 1. The number of anilines is 3. The summed E-state index contributed by atoms with van der Waals surface area (Å²) in [4.78, 5) is 2.32. The zero-order chi connectivity index (χ0) is 22.2. The van der Waals surface area contributed by atoms with Crippen molar-refractivity contribution in [2.45, 2.75) is 6.92 Å². The van der Waals surface area contributed by atoms with Gasteiger partial charge in [-0.2, -0.15) is 0 Å². The van der Waals surface area contributed by atoms with Gasteiger partial charge in [0.25, 0.3) is 0 Å². The molecule has 1 heterocycles. The molecule has 0 saturated heterocycles. The maximum Gasteiger partial charge on any atom is 0.0464 e. The fraction of sp³-hybridized carbons (Fsp3) is 0.0323. The second-order valence-electron chi connectivity index (χ2n) is 8.34. The molecule has 0 spiro atoms. The van der Waals surface area contributed by atoms with E-state index >= 15 is 0 Å². The molecule has 6 rings (SSSR count). The van der Waals surface area contributed by atoms with E-state index in [2.05, 4.69) is 133 Å². The molecule has 158 valence electrons. The molecular formula is C31H23NS. The van der Waals surface area contributed by atoms with E-state index in [9.17, 15) is 0 Å². The molecule has 2 heteroatoms. The van der Waals surface area contributed by atoms with Crippen LogP contribution in [0.15, 0.2) is 121 Å². The van der Waals surface area contributed by atoms with Crippen LogP contribution in [0.2, 0.25) is 0 Å². The van der Waals surface area contributed by atoms with Gasteiger partial charge in [-0.3, -0.25) is 0 Å². The average Bonchev–Trinajstić information content (AvgIpc) is 3.24. The summed E-state index contributed by atoms with van der Waals surface area (Å²) < 4.78 is 2.69. The minimum absolute atomic E-state index is 1.15. The first-order chi connectivity index (χ1) is 16.3. The smallest absolute Gasteiger partial charge is 0.0464 e. The highest BCUT2D eigenvalue weighted by atomic mass is 32.1. The van der Waals surface area contributed by atoms with Crippen LogP contribution in [0.4, 0.5) is 17.1 Å². The summed E-state index contributed by atoms with van der Waals surface area (Å²) in [6.07, 6.45) is 0. The Morgan fingerprint density at radius 3 is 2.03 bits per heavy atom. The van der Waals surface area contributed by atoms with Crippen LogP contribution in [-0.2, 0) is 0 Å². The van der Waals surface area contributed by atoms with E-state index in [1.165, 1.54) is 42.6 Å². The first kappa shape index (κ1) is 19.8. The lowest BCUT2D eigenvalue weighted by atomic mass is 10.0. The fourth-order valence-electron chi connectivity index (χ4n) is 4.56. The highest BCUT2D eigenvalue weighted by molar-refractivity contribution is 7.26. The van der Waals surface area contributed by atoms with Crippen molar-refractivity contribution >= 4 is 48.6 Å². The molecule has 0 bridgehead atoms. The third-order valence-corrected chi connectivity index (χ3v) is 7.33. The summed E-state index contributed by atoms with van der Waals surface area (Å²) in [6, 6.07) is 43.5. The molecule has 0 N–H and O–H groups in total. The second kappa shape index (κ2) is 8.23. The van der Waals surface area contributed by atoms with Crippen LogP contribution >= 0.6 is 11.3 Å². The van der Waals surface area contributed by atoms with E-state index in [-0.39, 0.29) is 0 Å². The molecule has 5 aromatic carbocycles. The Labute approximate surface area is 198 Å². The average molecular weight is 442 g/mol. The van der Waals surface area contributed by atoms with Crippen molar-refractivity contribution < 1.29 is 0 Å². The van der Waals surface area contributed by atoms with Gasteiger partial charge in [0.15, 0.2) is 0 Å². The molecule has 0 aliphatic heterocycles. The van der Waals surface area contributed by atoms with E-state index in [0.29, 0.717) is 0 Å². The highest BCUT2D eigenvalue weighted by Gasteiger charge is 2.14. The van der Waals surface area contributed by atoms with Crippen molar-refractivity contribution in [1.82, 2.24) is 0 Å². The molecule has 0 atom stereocenters. The first-order valence-electron chi connectivity index (χ1n) is 11.2. The Balaban J connectivity index is 1.46. The van der Waals surface area contributed by atoms with Crippen molar-refractivity contribution in [3.8, 4) is 11.1 Å². The summed E-state index contributed by atoms with van der Waals surface area (Å²) in [6.45, 7) is 2.14. The molecule has 6 aromatic rings. The van der Waals surface area contributed by atoms with E-state index in [1.54, 1.807) is 0 Å². The Morgan fingerprint density at radius 1 is 0.545 bits per heavy atom. The number of hydrogen-bond donors (Lipinski definition) is 0. The molecule has 33 heavy (non-hydrogen) atoms. The van der Waals surface area contributed by atoms with Crippen molar-refractivity contribution in [2.75, 3.05) is 4.90 Å². The van der Waals surface area contributed by atoms with Crippen molar-refractivity contribution in [3.05, 3.63) is 127 Å². The molecule has 1 aromatic heterocycles. The fourth-order valence-corrected chi connectivity index (χ4v) is 5.79. The number of hydrogen-bond acceptors (Lipinski definition) is 2. The number of para-hydroxylation sites is 1. The standard InChI is InChI=1S/C31H23NS/c1-22-9-7-12-26(21-22)32(24-10-3-2-4-11-24)25-19-17-23(18-20-25)27-14-8-15-29-28-13-5-6-16-30(28)33-31(27)29/h2-21H,1H3. The van der Waals surface area contributed by atoms with Crippen LogP contribution in [0.3, 0.4) is 0 Å². The molecule has 0 unspecified atom stereocenters. The molecule has 0 radical (unpaired) electrons. The third kappa shape index (κ3) is 3.59. The summed E-state index contributed by atoms with van der Waals surface area (Å²) in [5, 5.41) is 2.67. The van der Waals surface area contributed by atoms with Gasteiger partial charge in [-0.15, -0.1) is 11.3 Å². The van der Waals surface area contributed by atoms with E-state index in [4.69, 9.17) is 0 Å². The van der Waals surface area contributed by atoms with Crippen LogP contribution < -0.4 is 4.90 Å². The number of rotatable bonds is 4. The predicted molar refractivity (Wildman–Crippen MR) is 144 cm³/mol. The van der Waals surface area contributed by atoms with Crippen LogP contribution in [-0.4, -0.2) is 0 Å². The van der Waals surface area contributed by atoms with Gasteiger partial charge in [-0.25, -0.2) is 0 Å². The monoisotopic (exact) mass is 441 g/mol. The normalized spacial score (nSPS) is 11.2. The Hall–Kier alpha value is -3.88. The van der Waals surface area contributed by atoms with Crippen LogP contribution in [0.1, 0.15) is 5.56 Å². The van der Waals surface area contributed by atoms with E-state index < -0.39 is 0 Å². The molecule has 0 saturated carbocycles. The van der Waals surface area contributed by atoms with Crippen molar-refractivity contribution in [1.29, 1.82) is 0 Å². The van der Waals surface area contributed by atoms with Crippen LogP contribution in [0, 0.1) is 6.92 Å². The van der Waals surface area contributed by atoms with Gasteiger partial charge in [0, 0.05) is 37.2 Å². The van der Waals surface area contributed by atoms with Gasteiger partial charge >= 0.3 is 0 Å². The Bertz CT molecular complexity index is 1560. The van der Waals surface area contributed by atoms with E-state index in [1.807, 2.05) is 11.3 Å². The van der Waals surface area contributed by atoms with Crippen LogP contribution in [0.5, 0.6) is 0 Å². The number of aryl methyl sites for hydroxylation is 1. The molecular weight excluding hydrogens is 418 g/mol. The molecule has 1 nitrogen and oxygen atoms in total. The van der Waals surface area contributed by atoms with Crippen LogP contribution in [0.25, 0.3) is 31.3 Å². The summed E-state index contributed by atoms with van der Waals surface area (Å²) in [7, 11) is 0. The summed E-state index contributed by atoms with van der Waals surface area (Å²) in [5.41, 5.74) is 7.26. The summed E-state index contributed by atoms with van der Waals surface area (Å²) >= 11 is 1.88. The summed E-state index contributed by atoms with van der Waals surface area (Å²) in [5.74, 6) is 0. The molecule has 0 aliphatic rings. The first-order valence-corrected chi connectivity index (χ1v) is 12.0. The molecule has 0 fully saturated rings. The lowest BCUT2D eigenvalue weighted by Gasteiger charge is -2.26. The van der Waals surface area contributed by atoms with Gasteiger partial charge in [0.2, 0.25) is 0 Å². The number of fused-ring (bicyclic) bond motifs is 3. The number of thiophene rings is 1. The van der Waals surface area contributed by atoms with Crippen molar-refractivity contribution in [2.24, 2.45) is 0 Å². The minimum Gasteiger partial charge on any atom is -0.310 e. The SMILES string of the molecule is Cc1cccc(N(c2ccccc2)c2ccc(-c3cccc4c3sc3ccccc34)cc2)c1. The van der Waals surface area contributed by atoms with Gasteiger partial charge in [-0.05, 0) is 66.1 Å². The molecule has 0 amide bonds. The minimum atomic E-state index is 1.15. The largest absolute Gasteiger partial charge is 0.310 e.